The Hall–Kier alpha value is -6.53. The molecule has 218 valence electrons. The Morgan fingerprint density at radius 3 is 1.83 bits per heavy atom. The fourth-order valence-electron chi connectivity index (χ4n) is 7.87. The zero-order valence-corrected chi connectivity index (χ0v) is 25.0. The Kier molecular flexibility index (Phi) is 4.75. The predicted molar refractivity (Wildman–Crippen MR) is 192 cm³/mol. The van der Waals surface area contributed by atoms with Crippen LogP contribution in [0.15, 0.2) is 146 Å². The molecule has 0 fully saturated rings. The number of fused-ring (bicyclic) bond motifs is 16. The van der Waals surface area contributed by atoms with Gasteiger partial charge in [0.05, 0.1) is 27.6 Å². The van der Waals surface area contributed by atoms with E-state index in [2.05, 4.69) is 140 Å². The summed E-state index contributed by atoms with van der Waals surface area (Å²) >= 11 is 0. The monoisotopic (exact) mass is 600 g/mol. The number of nitrogens with zero attached hydrogens (tertiary/aromatic N) is 6. The van der Waals surface area contributed by atoms with Crippen molar-refractivity contribution in [1.29, 1.82) is 0 Å². The molecule has 0 saturated carbocycles. The Labute approximate surface area is 267 Å². The first kappa shape index (κ1) is 24.8. The summed E-state index contributed by atoms with van der Waals surface area (Å²) in [4.78, 5) is 14.7. The van der Waals surface area contributed by atoms with Crippen molar-refractivity contribution in [2.45, 2.75) is 0 Å². The molecule has 6 heterocycles. The van der Waals surface area contributed by atoms with Crippen LogP contribution in [0.3, 0.4) is 0 Å². The molecule has 5 aromatic carbocycles. The molecule has 0 spiro atoms. The van der Waals surface area contributed by atoms with Crippen LogP contribution < -0.4 is 0 Å². The molecule has 0 atom stereocenters. The first-order chi connectivity index (χ1) is 23.4. The Bertz CT molecular complexity index is 3060. The molecule has 0 bridgehead atoms. The van der Waals surface area contributed by atoms with Crippen molar-refractivity contribution >= 4 is 82.2 Å². The van der Waals surface area contributed by atoms with E-state index in [0.29, 0.717) is 5.65 Å². The number of pyridine rings is 3. The number of para-hydroxylation sites is 3. The lowest BCUT2D eigenvalue weighted by Crippen LogP contribution is -1.98. The summed E-state index contributed by atoms with van der Waals surface area (Å²) < 4.78 is 7.05. The molecular formula is C41H24N6. The molecule has 11 rings (SSSR count). The number of benzene rings is 5. The average Bonchev–Trinajstić information content (AvgIpc) is 3.80. The lowest BCUT2D eigenvalue weighted by atomic mass is 10.0. The van der Waals surface area contributed by atoms with Crippen LogP contribution >= 0.6 is 0 Å². The molecular weight excluding hydrogens is 576 g/mol. The molecule has 0 radical (unpaired) electrons. The van der Waals surface area contributed by atoms with Gasteiger partial charge in [-0.05, 0) is 66.0 Å². The third-order valence-electron chi connectivity index (χ3n) is 9.70. The van der Waals surface area contributed by atoms with Gasteiger partial charge in [0, 0.05) is 56.1 Å². The fraction of sp³-hybridized carbons (Fsp3) is 0. The molecule has 6 aromatic heterocycles. The highest BCUT2D eigenvalue weighted by atomic mass is 15.1. The number of rotatable bonds is 2. The van der Waals surface area contributed by atoms with Gasteiger partial charge in [-0.15, -0.1) is 0 Å². The van der Waals surface area contributed by atoms with Crippen molar-refractivity contribution in [2.24, 2.45) is 0 Å². The zero-order valence-electron chi connectivity index (χ0n) is 25.0. The van der Waals surface area contributed by atoms with Gasteiger partial charge in [0.25, 0.3) is 0 Å². The first-order valence-corrected chi connectivity index (χ1v) is 15.8. The maximum atomic E-state index is 5.19. The number of imidazole rings is 1. The van der Waals surface area contributed by atoms with Gasteiger partial charge in [-0.1, -0.05) is 72.8 Å². The summed E-state index contributed by atoms with van der Waals surface area (Å²) in [5.74, 6) is 0. The average molecular weight is 601 g/mol. The normalized spacial score (nSPS) is 12.3. The molecule has 47 heavy (non-hydrogen) atoms. The second-order valence-electron chi connectivity index (χ2n) is 12.1. The molecule has 0 aliphatic carbocycles. The summed E-state index contributed by atoms with van der Waals surface area (Å²) in [7, 11) is 0. The third kappa shape index (κ3) is 3.16. The van der Waals surface area contributed by atoms with Gasteiger partial charge in [-0.3, -0.25) is 4.40 Å². The summed E-state index contributed by atoms with van der Waals surface area (Å²) in [6, 6.07) is 47.5. The van der Waals surface area contributed by atoms with Gasteiger partial charge in [-0.2, -0.15) is 0 Å². The van der Waals surface area contributed by atoms with E-state index < -0.39 is 0 Å². The number of aromatic nitrogens is 6. The largest absolute Gasteiger partial charge is 0.307 e. The van der Waals surface area contributed by atoms with E-state index in [9.17, 15) is 0 Å². The van der Waals surface area contributed by atoms with Crippen molar-refractivity contribution in [3.63, 3.8) is 0 Å². The lowest BCUT2D eigenvalue weighted by molar-refractivity contribution is 1.15. The minimum atomic E-state index is 0.711. The van der Waals surface area contributed by atoms with E-state index in [1.807, 2.05) is 24.5 Å². The molecule has 6 nitrogen and oxygen atoms in total. The molecule has 11 aromatic rings. The standard InChI is InChI=1S/C41H24N6/c1-3-11-25(12-4-1)45-32-17-8-7-15-27(32)29-19-20-31-35-33(46(38(31)37(29)45)26-13-5-2-6-14-26)22-21-28-30-16-9-24-43-40(30)47-34-18-10-23-42-39(34)44-41(47)36(28)35/h1-24H. The number of hydrogen-bond acceptors (Lipinski definition) is 3. The second kappa shape index (κ2) is 9.02. The lowest BCUT2D eigenvalue weighted by Gasteiger charge is -2.12. The van der Waals surface area contributed by atoms with Gasteiger partial charge in [-0.25, -0.2) is 15.0 Å². The maximum Gasteiger partial charge on any atom is 0.178 e. The van der Waals surface area contributed by atoms with Crippen LogP contribution in [0.4, 0.5) is 0 Å². The van der Waals surface area contributed by atoms with Crippen molar-refractivity contribution in [1.82, 2.24) is 28.5 Å². The third-order valence-corrected chi connectivity index (χ3v) is 9.70. The zero-order chi connectivity index (χ0) is 30.6. The van der Waals surface area contributed by atoms with Crippen LogP contribution in [0.25, 0.3) is 93.6 Å². The van der Waals surface area contributed by atoms with Crippen LogP contribution in [0.2, 0.25) is 0 Å². The fourth-order valence-corrected chi connectivity index (χ4v) is 7.87. The highest BCUT2D eigenvalue weighted by molar-refractivity contribution is 6.32. The van der Waals surface area contributed by atoms with Crippen LogP contribution in [-0.4, -0.2) is 28.5 Å². The smallest absolute Gasteiger partial charge is 0.178 e. The van der Waals surface area contributed by atoms with Crippen LogP contribution in [0.5, 0.6) is 0 Å². The van der Waals surface area contributed by atoms with Gasteiger partial charge in [0.2, 0.25) is 0 Å². The van der Waals surface area contributed by atoms with E-state index in [1.54, 1.807) is 0 Å². The summed E-state index contributed by atoms with van der Waals surface area (Å²) in [5, 5.41) is 8.10. The summed E-state index contributed by atoms with van der Waals surface area (Å²) in [6.45, 7) is 0. The Morgan fingerprint density at radius 2 is 1.00 bits per heavy atom. The quantitative estimate of drug-likeness (QED) is 0.186. The van der Waals surface area contributed by atoms with Gasteiger partial charge in [0.1, 0.15) is 11.3 Å². The van der Waals surface area contributed by atoms with Crippen molar-refractivity contribution in [2.75, 3.05) is 0 Å². The van der Waals surface area contributed by atoms with Crippen LogP contribution in [-0.2, 0) is 0 Å². The van der Waals surface area contributed by atoms with E-state index in [-0.39, 0.29) is 0 Å². The molecule has 0 aliphatic heterocycles. The molecule has 0 unspecified atom stereocenters. The van der Waals surface area contributed by atoms with Gasteiger partial charge >= 0.3 is 0 Å². The van der Waals surface area contributed by atoms with E-state index in [4.69, 9.17) is 9.97 Å². The summed E-state index contributed by atoms with van der Waals surface area (Å²) in [6.07, 6.45) is 3.66. The molecule has 0 N–H and O–H groups in total. The van der Waals surface area contributed by atoms with Crippen molar-refractivity contribution in [3.05, 3.63) is 146 Å². The molecule has 6 heteroatoms. The predicted octanol–water partition coefficient (Wildman–Crippen LogP) is 9.78. The maximum absolute atomic E-state index is 5.19. The molecule has 0 saturated heterocycles. The highest BCUT2D eigenvalue weighted by Gasteiger charge is 2.25. The van der Waals surface area contributed by atoms with Crippen LogP contribution in [0, 0.1) is 0 Å². The van der Waals surface area contributed by atoms with Gasteiger partial charge < -0.3 is 9.13 Å². The van der Waals surface area contributed by atoms with E-state index in [1.165, 1.54) is 32.6 Å². The van der Waals surface area contributed by atoms with Gasteiger partial charge in [0.15, 0.2) is 5.65 Å². The highest BCUT2D eigenvalue weighted by Crippen LogP contribution is 2.45. The Morgan fingerprint density at radius 1 is 0.383 bits per heavy atom. The SMILES string of the molecule is c1ccc(-n2c3ccccc3c3ccc4c5c6c(ccc5n(-c5ccccc5)c4c32)c2cccnc2n2c3cccnc3nc62)cc1. The van der Waals surface area contributed by atoms with E-state index in [0.717, 1.165) is 55.4 Å². The first-order valence-electron chi connectivity index (χ1n) is 15.8. The minimum Gasteiger partial charge on any atom is -0.307 e. The Balaban J connectivity index is 1.47. The topological polar surface area (TPSA) is 52.9 Å². The van der Waals surface area contributed by atoms with Crippen molar-refractivity contribution in [3.8, 4) is 11.4 Å². The van der Waals surface area contributed by atoms with Crippen LogP contribution in [0.1, 0.15) is 0 Å². The van der Waals surface area contributed by atoms with E-state index >= 15 is 0 Å². The minimum absolute atomic E-state index is 0.711. The summed E-state index contributed by atoms with van der Waals surface area (Å²) in [5.41, 5.74) is 10.3. The van der Waals surface area contributed by atoms with Crippen molar-refractivity contribution < 1.29 is 0 Å². The second-order valence-corrected chi connectivity index (χ2v) is 12.1. The number of hydrogen-bond donors (Lipinski definition) is 0. The molecule has 0 aliphatic rings. The molecule has 0 amide bonds.